The van der Waals surface area contributed by atoms with E-state index in [0.29, 0.717) is 12.1 Å². The van der Waals surface area contributed by atoms with Gasteiger partial charge in [0.15, 0.2) is 5.78 Å². The number of halogens is 1. The van der Waals surface area contributed by atoms with Crippen LogP contribution < -0.4 is 0 Å². The molecule has 0 N–H and O–H groups in total. The highest BCUT2D eigenvalue weighted by atomic mass is 32.1. The molecule has 3 fully saturated rings. The van der Waals surface area contributed by atoms with E-state index in [1.165, 1.54) is 11.6 Å². The van der Waals surface area contributed by atoms with Crippen LogP contribution in [0.15, 0.2) is 35.9 Å². The van der Waals surface area contributed by atoms with Crippen LogP contribution in [0.2, 0.25) is 0 Å². The van der Waals surface area contributed by atoms with Gasteiger partial charge in [-0.2, -0.15) is 12.6 Å². The lowest BCUT2D eigenvalue weighted by Gasteiger charge is -2.38. The monoisotopic (exact) mass is 445 g/mol. The van der Waals surface area contributed by atoms with Gasteiger partial charge in [-0.25, -0.2) is 4.39 Å². The van der Waals surface area contributed by atoms with Gasteiger partial charge in [0, 0.05) is 69.5 Å². The minimum absolute atomic E-state index is 0.0725. The van der Waals surface area contributed by atoms with Crippen LogP contribution in [0.1, 0.15) is 37.8 Å². The summed E-state index contributed by atoms with van der Waals surface area (Å²) in [7, 11) is 0. The summed E-state index contributed by atoms with van der Waals surface area (Å²) in [5.74, 6) is 0.0602. The predicted molar refractivity (Wildman–Crippen MR) is 123 cm³/mol. The van der Waals surface area contributed by atoms with E-state index in [4.69, 9.17) is 12.6 Å². The largest absolute Gasteiger partial charge is 0.340 e. The molecule has 3 aliphatic rings. The van der Waals surface area contributed by atoms with Crippen molar-refractivity contribution < 1.29 is 14.0 Å². The van der Waals surface area contributed by atoms with Crippen molar-refractivity contribution in [3.05, 3.63) is 47.3 Å². The van der Waals surface area contributed by atoms with Crippen molar-refractivity contribution >= 4 is 24.3 Å². The normalized spacial score (nSPS) is 25.6. The maximum atomic E-state index is 14.6. The van der Waals surface area contributed by atoms with Crippen molar-refractivity contribution in [2.45, 2.75) is 37.5 Å². The number of nitrogens with zero attached hydrogens (tertiary/aromatic N) is 3. The zero-order chi connectivity index (χ0) is 22.0. The predicted octanol–water partition coefficient (Wildman–Crippen LogP) is 2.94. The molecular weight excluding hydrogens is 413 g/mol. The number of ketones is 1. The molecule has 1 saturated carbocycles. The van der Waals surface area contributed by atoms with Crippen LogP contribution in [0.3, 0.4) is 0 Å². The first kappa shape index (κ1) is 22.5. The summed E-state index contributed by atoms with van der Waals surface area (Å²) in [5, 5.41) is 0.159. The molecule has 2 atom stereocenters. The molecular formula is C24H32FN3O2S. The average molecular weight is 446 g/mol. The molecule has 168 valence electrons. The fourth-order valence-corrected chi connectivity index (χ4v) is 4.93. The Labute approximate surface area is 189 Å². The quantitative estimate of drug-likeness (QED) is 0.540. The van der Waals surface area contributed by atoms with Crippen molar-refractivity contribution in [2.24, 2.45) is 5.92 Å². The summed E-state index contributed by atoms with van der Waals surface area (Å²) in [6.07, 6.45) is 4.91. The molecule has 7 heteroatoms. The van der Waals surface area contributed by atoms with Gasteiger partial charge in [-0.1, -0.05) is 24.3 Å². The number of likely N-dealkylation sites (tertiary alicyclic amines) is 1. The van der Waals surface area contributed by atoms with E-state index in [9.17, 15) is 14.0 Å². The number of rotatable bonds is 6. The fourth-order valence-electron chi connectivity index (χ4n) is 4.62. The van der Waals surface area contributed by atoms with E-state index in [-0.39, 0.29) is 28.7 Å². The molecule has 2 heterocycles. The van der Waals surface area contributed by atoms with Crippen LogP contribution in [0.4, 0.5) is 4.39 Å². The van der Waals surface area contributed by atoms with Crippen LogP contribution >= 0.6 is 12.6 Å². The molecule has 5 nitrogen and oxygen atoms in total. The van der Waals surface area contributed by atoms with Crippen molar-refractivity contribution in [3.63, 3.8) is 0 Å². The highest BCUT2D eigenvalue weighted by Crippen LogP contribution is 2.39. The first-order valence-electron chi connectivity index (χ1n) is 11.3. The molecule has 0 radical (unpaired) electrons. The van der Waals surface area contributed by atoms with Crippen LogP contribution in [-0.2, 0) is 9.59 Å². The van der Waals surface area contributed by atoms with Gasteiger partial charge in [-0.05, 0) is 30.9 Å². The Morgan fingerprint density at radius 2 is 1.84 bits per heavy atom. The lowest BCUT2D eigenvalue weighted by Crippen LogP contribution is -2.48. The zero-order valence-corrected chi connectivity index (χ0v) is 19.1. The third-order valence-electron chi connectivity index (χ3n) is 6.75. The van der Waals surface area contributed by atoms with Crippen molar-refractivity contribution in [1.82, 2.24) is 14.7 Å². The number of carbonyl (C=O) groups is 2. The number of thiol groups is 1. The van der Waals surface area contributed by atoms with Gasteiger partial charge in [-0.15, -0.1) is 0 Å². The third-order valence-corrected chi connectivity index (χ3v) is 7.34. The highest BCUT2D eigenvalue weighted by molar-refractivity contribution is 7.81. The standard InChI is InChI=1S/C24H32FN3O2S/c1-17(29)27-14-12-26(13-15-27)10-8-19-16-28(11-9-22(19)31)23(24(30)18-6-7-18)20-4-2-3-5-21(20)25/h2-5,8,18,22-23,31H,6-7,9-16H2,1H3/b19-8+. The first-order valence-corrected chi connectivity index (χ1v) is 11.8. The Balaban J connectivity index is 1.46. The van der Waals surface area contributed by atoms with Gasteiger partial charge >= 0.3 is 0 Å². The molecule has 1 amide bonds. The lowest BCUT2D eigenvalue weighted by atomic mass is 9.93. The average Bonchev–Trinajstić information content (AvgIpc) is 3.61. The van der Waals surface area contributed by atoms with Crippen LogP contribution in [-0.4, -0.2) is 77.5 Å². The fraction of sp³-hybridized carbons (Fsp3) is 0.583. The molecule has 2 saturated heterocycles. The molecule has 0 spiro atoms. The first-order chi connectivity index (χ1) is 14.9. The number of piperidine rings is 1. The van der Waals surface area contributed by atoms with Crippen LogP contribution in [0.25, 0.3) is 0 Å². The third kappa shape index (κ3) is 5.38. The number of benzene rings is 1. The Hall–Kier alpha value is -1.70. The summed E-state index contributed by atoms with van der Waals surface area (Å²) < 4.78 is 14.6. The molecule has 1 aromatic rings. The molecule has 1 aromatic carbocycles. The van der Waals surface area contributed by atoms with Gasteiger partial charge in [0.05, 0.1) is 6.04 Å². The van der Waals surface area contributed by atoms with Crippen LogP contribution in [0, 0.1) is 11.7 Å². The molecule has 0 bridgehead atoms. The number of hydrogen-bond acceptors (Lipinski definition) is 5. The summed E-state index contributed by atoms with van der Waals surface area (Å²) >= 11 is 4.79. The summed E-state index contributed by atoms with van der Waals surface area (Å²) in [6, 6.07) is 6.18. The molecule has 0 aromatic heterocycles. The molecule has 1 aliphatic carbocycles. The summed E-state index contributed by atoms with van der Waals surface area (Å²) in [4.78, 5) is 31.0. The highest BCUT2D eigenvalue weighted by Gasteiger charge is 2.40. The van der Waals surface area contributed by atoms with Crippen molar-refractivity contribution in [2.75, 3.05) is 45.8 Å². The molecule has 2 aliphatic heterocycles. The van der Waals surface area contributed by atoms with E-state index in [0.717, 1.165) is 58.5 Å². The second-order valence-electron chi connectivity index (χ2n) is 8.96. The number of Topliss-reactive ketones (excluding diaryl/α,β-unsaturated/α-hetero) is 1. The number of amides is 1. The molecule has 4 rings (SSSR count). The second kappa shape index (κ2) is 9.84. The van der Waals surface area contributed by atoms with Gasteiger partial charge in [0.25, 0.3) is 0 Å². The van der Waals surface area contributed by atoms with E-state index >= 15 is 0 Å². The van der Waals surface area contributed by atoms with Gasteiger partial charge in [-0.3, -0.25) is 19.4 Å². The smallest absolute Gasteiger partial charge is 0.219 e. The lowest BCUT2D eigenvalue weighted by molar-refractivity contribution is -0.130. The number of piperazine rings is 1. The van der Waals surface area contributed by atoms with E-state index < -0.39 is 6.04 Å². The van der Waals surface area contributed by atoms with E-state index in [1.807, 2.05) is 11.0 Å². The van der Waals surface area contributed by atoms with Crippen molar-refractivity contribution in [3.8, 4) is 0 Å². The van der Waals surface area contributed by atoms with Gasteiger partial charge in [0.1, 0.15) is 5.82 Å². The minimum Gasteiger partial charge on any atom is -0.340 e. The Morgan fingerprint density at radius 1 is 1.13 bits per heavy atom. The summed E-state index contributed by atoms with van der Waals surface area (Å²) in [6.45, 7) is 7.06. The van der Waals surface area contributed by atoms with Gasteiger partial charge in [0.2, 0.25) is 5.91 Å². The number of hydrogen-bond donors (Lipinski definition) is 1. The Kier molecular flexibility index (Phi) is 7.14. The minimum atomic E-state index is -0.517. The summed E-state index contributed by atoms with van der Waals surface area (Å²) in [5.41, 5.74) is 1.70. The van der Waals surface area contributed by atoms with E-state index in [1.54, 1.807) is 19.1 Å². The number of carbonyl (C=O) groups excluding carboxylic acids is 2. The molecule has 31 heavy (non-hydrogen) atoms. The zero-order valence-electron chi connectivity index (χ0n) is 18.2. The molecule has 2 unspecified atom stereocenters. The van der Waals surface area contributed by atoms with E-state index in [2.05, 4.69) is 15.9 Å². The topological polar surface area (TPSA) is 43.9 Å². The van der Waals surface area contributed by atoms with Gasteiger partial charge < -0.3 is 4.90 Å². The second-order valence-corrected chi connectivity index (χ2v) is 9.58. The maximum Gasteiger partial charge on any atom is 0.219 e. The SMILES string of the molecule is CC(=O)N1CCN(C/C=C2\CN(C(C(=O)C3CC3)c3ccccc3F)CCC2S)CC1. The Morgan fingerprint density at radius 3 is 2.48 bits per heavy atom. The Bertz CT molecular complexity index is 849. The maximum absolute atomic E-state index is 14.6. The van der Waals surface area contributed by atoms with Crippen LogP contribution in [0.5, 0.6) is 0 Å². The van der Waals surface area contributed by atoms with Crippen molar-refractivity contribution in [1.29, 1.82) is 0 Å².